The van der Waals surface area contributed by atoms with Crippen molar-refractivity contribution in [3.63, 3.8) is 0 Å². The van der Waals surface area contributed by atoms with E-state index in [1.807, 2.05) is 19.2 Å². The first-order valence-electron chi connectivity index (χ1n) is 8.76. The Morgan fingerprint density at radius 2 is 2.25 bits per heavy atom. The molecule has 0 radical (unpaired) electrons. The summed E-state index contributed by atoms with van der Waals surface area (Å²) < 4.78 is 5.66. The predicted octanol–water partition coefficient (Wildman–Crippen LogP) is 3.41. The molecule has 1 saturated heterocycles. The van der Waals surface area contributed by atoms with Gasteiger partial charge in [0.2, 0.25) is 0 Å². The summed E-state index contributed by atoms with van der Waals surface area (Å²) in [6.07, 6.45) is 7.31. The molecule has 6 heteroatoms. The zero-order valence-corrected chi connectivity index (χ0v) is 17.4. The largest absolute Gasteiger partial charge is 0.490 e. The van der Waals surface area contributed by atoms with Crippen LogP contribution in [-0.4, -0.2) is 49.1 Å². The highest BCUT2D eigenvalue weighted by Gasteiger charge is 2.29. The summed E-state index contributed by atoms with van der Waals surface area (Å²) in [7, 11) is 1.86. The Kier molecular flexibility index (Phi) is 10.1. The van der Waals surface area contributed by atoms with Crippen molar-refractivity contribution in [2.75, 3.05) is 33.3 Å². The molecule has 0 aromatic carbocycles. The highest BCUT2D eigenvalue weighted by Crippen LogP contribution is 2.28. The molecule has 1 fully saturated rings. The maximum absolute atomic E-state index is 5.66. The molecule has 1 aliphatic rings. The number of nitrogens with zero attached hydrogens (tertiary/aromatic N) is 3. The second kappa shape index (κ2) is 11.5. The molecule has 5 nitrogen and oxygen atoms in total. The first-order valence-corrected chi connectivity index (χ1v) is 8.76. The van der Waals surface area contributed by atoms with E-state index in [4.69, 9.17) is 4.74 Å². The van der Waals surface area contributed by atoms with Gasteiger partial charge in [0, 0.05) is 26.3 Å². The fourth-order valence-electron chi connectivity index (χ4n) is 3.42. The van der Waals surface area contributed by atoms with Crippen LogP contribution in [0.25, 0.3) is 0 Å². The molecule has 1 aromatic rings. The van der Waals surface area contributed by atoms with Gasteiger partial charge in [-0.05, 0) is 30.4 Å². The number of guanidine groups is 1. The minimum atomic E-state index is 0. The monoisotopic (exact) mass is 446 g/mol. The van der Waals surface area contributed by atoms with Crippen molar-refractivity contribution in [1.29, 1.82) is 0 Å². The lowest BCUT2D eigenvalue weighted by molar-refractivity contribution is 0.310. The van der Waals surface area contributed by atoms with E-state index < -0.39 is 0 Å². The second-order valence-corrected chi connectivity index (χ2v) is 6.08. The number of aliphatic imine (C=N–C) groups is 1. The quantitative estimate of drug-likeness (QED) is 0.302. The van der Waals surface area contributed by atoms with E-state index in [1.54, 1.807) is 12.4 Å². The molecule has 1 N–H and O–H groups in total. The van der Waals surface area contributed by atoms with Crippen LogP contribution in [0.15, 0.2) is 29.5 Å². The maximum Gasteiger partial charge on any atom is 0.193 e. The van der Waals surface area contributed by atoms with Crippen LogP contribution in [-0.2, 0) is 0 Å². The fraction of sp³-hybridized carbons (Fsp3) is 0.667. The Morgan fingerprint density at radius 1 is 1.46 bits per heavy atom. The van der Waals surface area contributed by atoms with Gasteiger partial charge in [0.25, 0.3) is 0 Å². The molecule has 1 unspecified atom stereocenters. The van der Waals surface area contributed by atoms with Gasteiger partial charge in [-0.15, -0.1) is 24.0 Å². The molecule has 136 valence electrons. The van der Waals surface area contributed by atoms with Gasteiger partial charge in [-0.25, -0.2) is 0 Å². The van der Waals surface area contributed by atoms with Crippen LogP contribution in [0.3, 0.4) is 0 Å². The van der Waals surface area contributed by atoms with E-state index in [1.165, 1.54) is 19.3 Å². The van der Waals surface area contributed by atoms with E-state index in [2.05, 4.69) is 34.0 Å². The Balaban J connectivity index is 0.00000288. The molecular formula is C18H31IN4O. The first-order chi connectivity index (χ1) is 11.3. The maximum atomic E-state index is 5.66. The van der Waals surface area contributed by atoms with E-state index >= 15 is 0 Å². The lowest BCUT2D eigenvalue weighted by Gasteiger charge is -2.24. The minimum Gasteiger partial charge on any atom is -0.490 e. The third-order valence-electron chi connectivity index (χ3n) is 4.74. The van der Waals surface area contributed by atoms with Crippen LogP contribution < -0.4 is 10.1 Å². The number of likely N-dealkylation sites (tertiary alicyclic amines) is 1. The zero-order valence-electron chi connectivity index (χ0n) is 15.1. The van der Waals surface area contributed by atoms with Crippen molar-refractivity contribution in [2.45, 2.75) is 33.1 Å². The molecule has 1 aliphatic heterocycles. The van der Waals surface area contributed by atoms with Gasteiger partial charge in [-0.1, -0.05) is 26.7 Å². The number of halogens is 1. The van der Waals surface area contributed by atoms with Crippen LogP contribution in [0.4, 0.5) is 0 Å². The van der Waals surface area contributed by atoms with Gasteiger partial charge in [0.15, 0.2) is 5.96 Å². The normalized spacial score (nSPS) is 17.8. The first kappa shape index (κ1) is 21.0. The number of rotatable bonds is 7. The molecule has 0 spiro atoms. The van der Waals surface area contributed by atoms with Crippen molar-refractivity contribution in [1.82, 2.24) is 15.2 Å². The van der Waals surface area contributed by atoms with Gasteiger partial charge in [0.05, 0.1) is 12.7 Å². The smallest absolute Gasteiger partial charge is 0.193 e. The Labute approximate surface area is 163 Å². The van der Waals surface area contributed by atoms with Crippen LogP contribution in [0.2, 0.25) is 0 Å². The van der Waals surface area contributed by atoms with Gasteiger partial charge < -0.3 is 15.0 Å². The summed E-state index contributed by atoms with van der Waals surface area (Å²) in [6.45, 7) is 8.18. The Bertz CT molecular complexity index is 479. The standard InChI is InChI=1S/C18H30N4O.HI/c1-4-15(5-2)16-8-11-22(14-16)18(19-3)21-10-12-23-17-7-6-9-20-13-17;/h6-7,9,13,15-16H,4-5,8,10-12,14H2,1-3H3,(H,19,21);1H. The molecule has 1 aromatic heterocycles. The summed E-state index contributed by atoms with van der Waals surface area (Å²) in [5.41, 5.74) is 0. The van der Waals surface area contributed by atoms with Crippen LogP contribution in [0.5, 0.6) is 5.75 Å². The van der Waals surface area contributed by atoms with Crippen molar-refractivity contribution < 1.29 is 4.74 Å². The highest BCUT2D eigenvalue weighted by molar-refractivity contribution is 14.0. The topological polar surface area (TPSA) is 49.8 Å². The molecule has 1 atom stereocenters. The predicted molar refractivity (Wildman–Crippen MR) is 110 cm³/mol. The fourth-order valence-corrected chi connectivity index (χ4v) is 3.42. The molecule has 0 amide bonds. The molecule has 2 heterocycles. The van der Waals surface area contributed by atoms with Crippen LogP contribution in [0, 0.1) is 11.8 Å². The van der Waals surface area contributed by atoms with Crippen LogP contribution >= 0.6 is 24.0 Å². The number of hydrogen-bond donors (Lipinski definition) is 1. The molecule has 0 saturated carbocycles. The van der Waals surface area contributed by atoms with Crippen molar-refractivity contribution in [3.05, 3.63) is 24.5 Å². The minimum absolute atomic E-state index is 0. The lowest BCUT2D eigenvalue weighted by atomic mass is 9.87. The average molecular weight is 446 g/mol. The van der Waals surface area contributed by atoms with E-state index in [9.17, 15) is 0 Å². The van der Waals surface area contributed by atoms with Crippen LogP contribution in [0.1, 0.15) is 33.1 Å². The number of aromatic nitrogens is 1. The average Bonchev–Trinajstić information content (AvgIpc) is 3.07. The van der Waals surface area contributed by atoms with Crippen molar-refractivity contribution >= 4 is 29.9 Å². The third-order valence-corrected chi connectivity index (χ3v) is 4.74. The lowest BCUT2D eigenvalue weighted by Crippen LogP contribution is -2.41. The van der Waals surface area contributed by atoms with Gasteiger partial charge in [0.1, 0.15) is 12.4 Å². The number of pyridine rings is 1. The number of hydrogen-bond acceptors (Lipinski definition) is 3. The summed E-state index contributed by atoms with van der Waals surface area (Å²) in [5, 5.41) is 3.41. The Morgan fingerprint density at radius 3 is 2.88 bits per heavy atom. The van der Waals surface area contributed by atoms with Crippen molar-refractivity contribution in [3.8, 4) is 5.75 Å². The molecular weight excluding hydrogens is 415 g/mol. The molecule has 0 bridgehead atoms. The SMILES string of the molecule is CCC(CC)C1CCN(C(=NC)NCCOc2cccnc2)C1.I. The molecule has 2 rings (SSSR count). The summed E-state index contributed by atoms with van der Waals surface area (Å²) in [5.74, 6) is 3.44. The number of ether oxygens (including phenoxy) is 1. The third kappa shape index (κ3) is 6.11. The highest BCUT2D eigenvalue weighted by atomic mass is 127. The van der Waals surface area contributed by atoms with Crippen molar-refractivity contribution in [2.24, 2.45) is 16.8 Å². The Hall–Kier alpha value is -1.05. The second-order valence-electron chi connectivity index (χ2n) is 6.08. The summed E-state index contributed by atoms with van der Waals surface area (Å²) in [6, 6.07) is 3.80. The molecule has 24 heavy (non-hydrogen) atoms. The zero-order chi connectivity index (χ0) is 16.5. The summed E-state index contributed by atoms with van der Waals surface area (Å²) >= 11 is 0. The number of nitrogens with one attached hydrogen (secondary N) is 1. The van der Waals surface area contributed by atoms with Gasteiger partial charge >= 0.3 is 0 Å². The van der Waals surface area contributed by atoms with Gasteiger partial charge in [-0.2, -0.15) is 0 Å². The summed E-state index contributed by atoms with van der Waals surface area (Å²) in [4.78, 5) is 10.8. The van der Waals surface area contributed by atoms with E-state index in [0.29, 0.717) is 6.61 Å². The molecule has 0 aliphatic carbocycles. The van der Waals surface area contributed by atoms with Gasteiger partial charge in [-0.3, -0.25) is 9.98 Å². The van der Waals surface area contributed by atoms with E-state index in [-0.39, 0.29) is 24.0 Å². The van der Waals surface area contributed by atoms with E-state index in [0.717, 1.165) is 43.2 Å².